The molecular formula is C15H10N2S2. The van der Waals surface area contributed by atoms with Crippen LogP contribution in [0.1, 0.15) is 0 Å². The van der Waals surface area contributed by atoms with Gasteiger partial charge >= 0.3 is 0 Å². The molecule has 2 aromatic carbocycles. The summed E-state index contributed by atoms with van der Waals surface area (Å²) in [5.74, 6) is 0. The summed E-state index contributed by atoms with van der Waals surface area (Å²) in [7, 11) is 0. The quantitative estimate of drug-likeness (QED) is 0.546. The van der Waals surface area contributed by atoms with E-state index in [0.717, 1.165) is 10.2 Å². The van der Waals surface area contributed by atoms with Crippen LogP contribution in [0.4, 0.5) is 5.13 Å². The minimum atomic E-state index is 0.628. The van der Waals surface area contributed by atoms with Crippen LogP contribution in [-0.2, 0) is 0 Å². The van der Waals surface area contributed by atoms with Gasteiger partial charge in [0, 0.05) is 9.58 Å². The van der Waals surface area contributed by atoms with Crippen LogP contribution in [0.5, 0.6) is 0 Å². The minimum absolute atomic E-state index is 0.628. The second-order valence-corrected chi connectivity index (χ2v) is 6.53. The summed E-state index contributed by atoms with van der Waals surface area (Å²) in [6, 6.07) is 17.0. The van der Waals surface area contributed by atoms with Gasteiger partial charge in [-0.25, -0.2) is 4.98 Å². The highest BCUT2D eigenvalue weighted by molar-refractivity contribution is 7.22. The van der Waals surface area contributed by atoms with Gasteiger partial charge in [0.05, 0.1) is 10.2 Å². The molecule has 0 atom stereocenters. The van der Waals surface area contributed by atoms with Gasteiger partial charge < -0.3 is 5.73 Å². The Morgan fingerprint density at radius 1 is 0.895 bits per heavy atom. The number of rotatable bonds is 1. The smallest absolute Gasteiger partial charge is 0.181 e. The molecule has 0 bridgehead atoms. The maximum absolute atomic E-state index is 5.75. The molecule has 0 radical (unpaired) electrons. The van der Waals surface area contributed by atoms with Crippen molar-refractivity contribution in [1.82, 2.24) is 4.98 Å². The van der Waals surface area contributed by atoms with Crippen molar-refractivity contribution < 1.29 is 0 Å². The molecule has 0 saturated carbocycles. The predicted molar refractivity (Wildman–Crippen MR) is 84.9 cm³/mol. The van der Waals surface area contributed by atoms with Gasteiger partial charge in [0.15, 0.2) is 5.13 Å². The van der Waals surface area contributed by atoms with E-state index in [9.17, 15) is 0 Å². The molecule has 2 heterocycles. The molecule has 0 saturated heterocycles. The van der Waals surface area contributed by atoms with Gasteiger partial charge in [-0.2, -0.15) is 0 Å². The van der Waals surface area contributed by atoms with Gasteiger partial charge in [-0.3, -0.25) is 0 Å². The number of aromatic nitrogens is 1. The molecule has 4 heteroatoms. The van der Waals surface area contributed by atoms with E-state index in [1.807, 2.05) is 11.3 Å². The van der Waals surface area contributed by atoms with Crippen molar-refractivity contribution in [2.45, 2.75) is 0 Å². The van der Waals surface area contributed by atoms with Crippen LogP contribution in [0, 0.1) is 0 Å². The van der Waals surface area contributed by atoms with Gasteiger partial charge in [0.25, 0.3) is 0 Å². The molecule has 2 nitrogen and oxygen atoms in total. The number of nitrogens with two attached hydrogens (primary N) is 1. The summed E-state index contributed by atoms with van der Waals surface area (Å²) in [5.41, 5.74) is 7.94. The highest BCUT2D eigenvalue weighted by atomic mass is 32.1. The Morgan fingerprint density at radius 2 is 1.79 bits per heavy atom. The van der Waals surface area contributed by atoms with Crippen molar-refractivity contribution >= 4 is 48.1 Å². The van der Waals surface area contributed by atoms with Crippen LogP contribution in [0.3, 0.4) is 0 Å². The van der Waals surface area contributed by atoms with E-state index in [0.29, 0.717) is 5.13 Å². The summed E-state index contributed by atoms with van der Waals surface area (Å²) in [4.78, 5) is 5.63. The first kappa shape index (κ1) is 11.0. The van der Waals surface area contributed by atoms with E-state index >= 15 is 0 Å². The van der Waals surface area contributed by atoms with E-state index < -0.39 is 0 Å². The minimum Gasteiger partial charge on any atom is -0.375 e. The number of nitrogens with zero attached hydrogens (tertiary/aromatic N) is 1. The zero-order chi connectivity index (χ0) is 12.8. The Labute approximate surface area is 118 Å². The van der Waals surface area contributed by atoms with Crippen LogP contribution in [0.2, 0.25) is 0 Å². The van der Waals surface area contributed by atoms with Gasteiger partial charge in [-0.15, -0.1) is 11.3 Å². The predicted octanol–water partition coefficient (Wildman–Crippen LogP) is 4.76. The number of benzene rings is 2. The lowest BCUT2D eigenvalue weighted by atomic mass is 10.1. The highest BCUT2D eigenvalue weighted by Gasteiger charge is 2.07. The SMILES string of the molecule is Nc1nc2cc(-c3cc4ccccc4s3)ccc2s1. The normalized spacial score (nSPS) is 11.4. The molecule has 0 aliphatic heterocycles. The van der Waals surface area contributed by atoms with Gasteiger partial charge in [0.2, 0.25) is 0 Å². The molecule has 0 unspecified atom stereocenters. The van der Waals surface area contributed by atoms with Crippen LogP contribution in [0.15, 0.2) is 48.5 Å². The summed E-state index contributed by atoms with van der Waals surface area (Å²) in [6.45, 7) is 0. The fourth-order valence-electron chi connectivity index (χ4n) is 2.22. The third-order valence-electron chi connectivity index (χ3n) is 3.11. The first-order valence-electron chi connectivity index (χ1n) is 5.95. The average Bonchev–Trinajstić information content (AvgIpc) is 2.99. The molecule has 0 spiro atoms. The maximum atomic E-state index is 5.75. The number of anilines is 1. The summed E-state index contributed by atoms with van der Waals surface area (Å²) >= 11 is 3.34. The van der Waals surface area contributed by atoms with Crippen LogP contribution in [-0.4, -0.2) is 4.98 Å². The molecule has 92 valence electrons. The molecule has 4 aromatic rings. The molecule has 0 aliphatic carbocycles. The fourth-order valence-corrected chi connectivity index (χ4v) is 4.00. The number of thiophene rings is 1. The Morgan fingerprint density at radius 3 is 2.68 bits per heavy atom. The lowest BCUT2D eigenvalue weighted by Gasteiger charge is -1.96. The topological polar surface area (TPSA) is 38.9 Å². The van der Waals surface area contributed by atoms with E-state index in [2.05, 4.69) is 53.5 Å². The van der Waals surface area contributed by atoms with E-state index in [1.165, 1.54) is 31.9 Å². The van der Waals surface area contributed by atoms with E-state index in [4.69, 9.17) is 5.73 Å². The zero-order valence-corrected chi connectivity index (χ0v) is 11.6. The fraction of sp³-hybridized carbons (Fsp3) is 0. The van der Waals surface area contributed by atoms with Crippen molar-refractivity contribution in [2.75, 3.05) is 5.73 Å². The van der Waals surface area contributed by atoms with Crippen LogP contribution >= 0.6 is 22.7 Å². The summed E-state index contributed by atoms with van der Waals surface area (Å²) in [6.07, 6.45) is 0. The number of hydrogen-bond donors (Lipinski definition) is 1. The van der Waals surface area contributed by atoms with Crippen molar-refractivity contribution in [3.63, 3.8) is 0 Å². The van der Waals surface area contributed by atoms with E-state index in [-0.39, 0.29) is 0 Å². The van der Waals surface area contributed by atoms with Crippen molar-refractivity contribution in [1.29, 1.82) is 0 Å². The van der Waals surface area contributed by atoms with Crippen LogP contribution < -0.4 is 5.73 Å². The van der Waals surface area contributed by atoms with Gasteiger partial charge in [0.1, 0.15) is 0 Å². The molecule has 0 fully saturated rings. The molecular weight excluding hydrogens is 272 g/mol. The number of fused-ring (bicyclic) bond motifs is 2. The zero-order valence-electron chi connectivity index (χ0n) is 9.96. The van der Waals surface area contributed by atoms with Crippen molar-refractivity contribution in [2.24, 2.45) is 0 Å². The molecule has 2 N–H and O–H groups in total. The van der Waals surface area contributed by atoms with Gasteiger partial charge in [-0.1, -0.05) is 35.6 Å². The lowest BCUT2D eigenvalue weighted by molar-refractivity contribution is 1.50. The second-order valence-electron chi connectivity index (χ2n) is 4.38. The molecule has 0 aliphatic rings. The van der Waals surface area contributed by atoms with E-state index in [1.54, 1.807) is 0 Å². The second kappa shape index (κ2) is 4.05. The standard InChI is InChI=1S/C15H10N2S2/c16-15-17-11-7-10(5-6-13(11)19-15)14-8-9-3-1-2-4-12(9)18-14/h1-8H,(H2,16,17). The third kappa shape index (κ3) is 1.80. The molecule has 0 amide bonds. The Balaban J connectivity index is 1.92. The Hall–Kier alpha value is -1.91. The lowest BCUT2D eigenvalue weighted by Crippen LogP contribution is -1.79. The number of nitrogen functional groups attached to an aromatic ring is 1. The molecule has 4 rings (SSSR count). The van der Waals surface area contributed by atoms with Gasteiger partial charge in [-0.05, 0) is 35.2 Å². The first-order chi connectivity index (χ1) is 9.29. The van der Waals surface area contributed by atoms with Crippen molar-refractivity contribution in [3.05, 3.63) is 48.5 Å². The molecule has 2 aromatic heterocycles. The summed E-state index contributed by atoms with van der Waals surface area (Å²) in [5, 5.41) is 1.92. The average molecular weight is 282 g/mol. The largest absolute Gasteiger partial charge is 0.375 e. The Kier molecular flexibility index (Phi) is 2.33. The van der Waals surface area contributed by atoms with Crippen molar-refractivity contribution in [3.8, 4) is 10.4 Å². The number of thiazole rings is 1. The maximum Gasteiger partial charge on any atom is 0.181 e. The number of hydrogen-bond acceptors (Lipinski definition) is 4. The highest BCUT2D eigenvalue weighted by Crippen LogP contribution is 2.35. The first-order valence-corrected chi connectivity index (χ1v) is 7.58. The Bertz CT molecular complexity index is 856. The summed E-state index contributed by atoms with van der Waals surface area (Å²) < 4.78 is 2.46. The molecule has 19 heavy (non-hydrogen) atoms. The third-order valence-corrected chi connectivity index (χ3v) is 5.14. The van der Waals surface area contributed by atoms with Crippen LogP contribution in [0.25, 0.3) is 30.7 Å². The monoisotopic (exact) mass is 282 g/mol.